The normalized spacial score (nSPS) is 20.7. The van der Waals surface area contributed by atoms with Crippen molar-refractivity contribution in [2.75, 3.05) is 19.6 Å². The van der Waals surface area contributed by atoms with E-state index in [9.17, 15) is 9.90 Å². The van der Waals surface area contributed by atoms with Gasteiger partial charge in [0, 0.05) is 25.7 Å². The Morgan fingerprint density at radius 2 is 2.00 bits per heavy atom. The molecule has 1 aliphatic heterocycles. The molecule has 2 rings (SSSR count). The summed E-state index contributed by atoms with van der Waals surface area (Å²) in [6, 6.07) is 10.8. The Hall–Kier alpha value is -1.39. The van der Waals surface area contributed by atoms with Crippen LogP contribution in [-0.2, 0) is 4.79 Å². The average Bonchev–Trinajstić information content (AvgIpc) is 2.46. The predicted octanol–water partition coefficient (Wildman–Crippen LogP) is 1.32. The first-order chi connectivity index (χ1) is 9.14. The van der Waals surface area contributed by atoms with E-state index in [0.717, 1.165) is 13.1 Å². The Kier molecular flexibility index (Phi) is 4.56. The number of hydrogen-bond acceptors (Lipinski definition) is 3. The second-order valence-corrected chi connectivity index (χ2v) is 5.35. The van der Waals surface area contributed by atoms with Gasteiger partial charge in [-0.3, -0.25) is 9.69 Å². The number of nitrogens with one attached hydrogen (secondary N) is 1. The predicted molar refractivity (Wildman–Crippen MR) is 74.7 cm³/mol. The summed E-state index contributed by atoms with van der Waals surface area (Å²) in [5.41, 5.74) is 0.562. The Morgan fingerprint density at radius 3 is 2.58 bits per heavy atom. The maximum Gasteiger partial charge on any atom is 0.207 e. The zero-order valence-corrected chi connectivity index (χ0v) is 11.4. The molecule has 4 nitrogen and oxygen atoms in total. The Morgan fingerprint density at radius 1 is 1.37 bits per heavy atom. The number of amides is 1. The van der Waals surface area contributed by atoms with Gasteiger partial charge in [-0.1, -0.05) is 30.3 Å². The molecule has 0 saturated carbocycles. The Balaban J connectivity index is 1.91. The van der Waals surface area contributed by atoms with E-state index in [0.29, 0.717) is 31.8 Å². The number of aliphatic hydroxyl groups is 1. The molecular formula is C15H22N2O2. The third-order valence-corrected chi connectivity index (χ3v) is 4.07. The van der Waals surface area contributed by atoms with Gasteiger partial charge in [-0.05, 0) is 25.3 Å². The van der Waals surface area contributed by atoms with Crippen LogP contribution in [0.4, 0.5) is 0 Å². The summed E-state index contributed by atoms with van der Waals surface area (Å²) in [5.74, 6) is 0. The monoisotopic (exact) mass is 262 g/mol. The van der Waals surface area contributed by atoms with Gasteiger partial charge in [0.05, 0.1) is 5.60 Å². The van der Waals surface area contributed by atoms with Crippen molar-refractivity contribution in [1.29, 1.82) is 0 Å². The van der Waals surface area contributed by atoms with Crippen LogP contribution in [-0.4, -0.2) is 41.7 Å². The van der Waals surface area contributed by atoms with Crippen LogP contribution >= 0.6 is 0 Å². The minimum Gasteiger partial charge on any atom is -0.388 e. The molecular weight excluding hydrogens is 240 g/mol. The number of piperidine rings is 1. The summed E-state index contributed by atoms with van der Waals surface area (Å²) in [6.45, 7) is 4.26. The van der Waals surface area contributed by atoms with Gasteiger partial charge < -0.3 is 10.4 Å². The van der Waals surface area contributed by atoms with E-state index in [-0.39, 0.29) is 0 Å². The molecule has 1 atom stereocenters. The smallest absolute Gasteiger partial charge is 0.207 e. The largest absolute Gasteiger partial charge is 0.388 e. The quantitative estimate of drug-likeness (QED) is 0.787. The molecule has 19 heavy (non-hydrogen) atoms. The fourth-order valence-electron chi connectivity index (χ4n) is 2.68. The highest BCUT2D eigenvalue weighted by Crippen LogP contribution is 2.28. The number of hydrogen-bond donors (Lipinski definition) is 2. The van der Waals surface area contributed by atoms with Crippen molar-refractivity contribution in [3.8, 4) is 0 Å². The lowest BCUT2D eigenvalue weighted by molar-refractivity contribution is -0.111. The first-order valence-electron chi connectivity index (χ1n) is 6.83. The molecule has 1 saturated heterocycles. The lowest BCUT2D eigenvalue weighted by Gasteiger charge is -2.40. The number of benzene rings is 1. The molecule has 0 spiro atoms. The van der Waals surface area contributed by atoms with E-state index in [2.05, 4.69) is 41.4 Å². The van der Waals surface area contributed by atoms with E-state index in [1.54, 1.807) is 0 Å². The molecule has 0 aliphatic carbocycles. The first-order valence-corrected chi connectivity index (χ1v) is 6.83. The molecule has 1 fully saturated rings. The van der Waals surface area contributed by atoms with Crippen molar-refractivity contribution >= 4 is 6.41 Å². The van der Waals surface area contributed by atoms with Crippen molar-refractivity contribution < 1.29 is 9.90 Å². The molecule has 1 aromatic carbocycles. The van der Waals surface area contributed by atoms with Crippen LogP contribution < -0.4 is 5.32 Å². The van der Waals surface area contributed by atoms with Crippen molar-refractivity contribution in [3.05, 3.63) is 35.9 Å². The van der Waals surface area contributed by atoms with Gasteiger partial charge in [0.15, 0.2) is 0 Å². The molecule has 2 N–H and O–H groups in total. The van der Waals surface area contributed by atoms with Crippen LogP contribution in [0, 0.1) is 0 Å². The van der Waals surface area contributed by atoms with Gasteiger partial charge in [0.1, 0.15) is 0 Å². The highest BCUT2D eigenvalue weighted by Gasteiger charge is 2.33. The standard InChI is InChI=1S/C15H22N2O2/c1-13(14-5-3-2-4-6-14)17-9-7-15(19,8-10-17)11-16-12-18/h2-6,12-13,19H,7-11H2,1H3,(H,16,18). The zero-order chi connectivity index (χ0) is 13.7. The Labute approximate surface area is 114 Å². The van der Waals surface area contributed by atoms with Crippen LogP contribution in [0.15, 0.2) is 30.3 Å². The van der Waals surface area contributed by atoms with E-state index in [1.807, 2.05) is 6.07 Å². The SMILES string of the molecule is CC(c1ccccc1)N1CCC(O)(CNC=O)CC1. The van der Waals surface area contributed by atoms with E-state index in [1.165, 1.54) is 5.56 Å². The number of nitrogens with zero attached hydrogens (tertiary/aromatic N) is 1. The number of likely N-dealkylation sites (tertiary alicyclic amines) is 1. The maximum atomic E-state index is 10.3. The number of carbonyl (C=O) groups excluding carboxylic acids is 1. The van der Waals surface area contributed by atoms with Crippen LogP contribution in [0.5, 0.6) is 0 Å². The summed E-state index contributed by atoms with van der Waals surface area (Å²) >= 11 is 0. The molecule has 0 radical (unpaired) electrons. The molecule has 4 heteroatoms. The van der Waals surface area contributed by atoms with Gasteiger partial charge in [-0.15, -0.1) is 0 Å². The molecule has 1 aromatic rings. The second kappa shape index (κ2) is 6.17. The minimum atomic E-state index is -0.742. The van der Waals surface area contributed by atoms with Crippen LogP contribution in [0.2, 0.25) is 0 Å². The fourth-order valence-corrected chi connectivity index (χ4v) is 2.68. The molecule has 104 valence electrons. The fraction of sp³-hybridized carbons (Fsp3) is 0.533. The summed E-state index contributed by atoms with van der Waals surface area (Å²) in [7, 11) is 0. The van der Waals surface area contributed by atoms with Gasteiger partial charge in [-0.2, -0.15) is 0 Å². The summed E-state index contributed by atoms with van der Waals surface area (Å²) in [6.07, 6.45) is 2.05. The summed E-state index contributed by atoms with van der Waals surface area (Å²) < 4.78 is 0. The molecule has 1 aliphatic rings. The van der Waals surface area contributed by atoms with Crippen molar-refractivity contribution in [2.24, 2.45) is 0 Å². The molecule has 0 aromatic heterocycles. The third kappa shape index (κ3) is 3.55. The molecule has 0 bridgehead atoms. The highest BCUT2D eigenvalue weighted by atomic mass is 16.3. The van der Waals surface area contributed by atoms with E-state index >= 15 is 0 Å². The Bertz CT molecular complexity index is 400. The third-order valence-electron chi connectivity index (χ3n) is 4.07. The van der Waals surface area contributed by atoms with Gasteiger partial charge in [0.2, 0.25) is 6.41 Å². The van der Waals surface area contributed by atoms with Crippen LogP contribution in [0.3, 0.4) is 0 Å². The summed E-state index contributed by atoms with van der Waals surface area (Å²) in [5, 5.41) is 12.9. The lowest BCUT2D eigenvalue weighted by atomic mass is 9.90. The minimum absolute atomic E-state index is 0.351. The number of rotatable bonds is 5. The second-order valence-electron chi connectivity index (χ2n) is 5.35. The lowest BCUT2D eigenvalue weighted by Crippen LogP contribution is -2.50. The van der Waals surface area contributed by atoms with Gasteiger partial charge >= 0.3 is 0 Å². The van der Waals surface area contributed by atoms with Crippen molar-refractivity contribution in [2.45, 2.75) is 31.4 Å². The molecule has 1 amide bonds. The molecule has 1 unspecified atom stereocenters. The topological polar surface area (TPSA) is 52.6 Å². The highest BCUT2D eigenvalue weighted by molar-refractivity contribution is 5.46. The van der Waals surface area contributed by atoms with Gasteiger partial charge in [0.25, 0.3) is 0 Å². The zero-order valence-electron chi connectivity index (χ0n) is 11.4. The van der Waals surface area contributed by atoms with Crippen molar-refractivity contribution in [1.82, 2.24) is 10.2 Å². The van der Waals surface area contributed by atoms with E-state index in [4.69, 9.17) is 0 Å². The van der Waals surface area contributed by atoms with Crippen LogP contribution in [0.25, 0.3) is 0 Å². The molecule has 1 heterocycles. The first kappa shape index (κ1) is 14.0. The summed E-state index contributed by atoms with van der Waals surface area (Å²) in [4.78, 5) is 12.7. The van der Waals surface area contributed by atoms with Gasteiger partial charge in [-0.25, -0.2) is 0 Å². The average molecular weight is 262 g/mol. The number of carbonyl (C=O) groups is 1. The van der Waals surface area contributed by atoms with E-state index < -0.39 is 5.60 Å². The van der Waals surface area contributed by atoms with Crippen molar-refractivity contribution in [3.63, 3.8) is 0 Å². The maximum absolute atomic E-state index is 10.3. The van der Waals surface area contributed by atoms with Crippen LogP contribution in [0.1, 0.15) is 31.4 Å².